The number of benzene rings is 4. The molecule has 0 radical (unpaired) electrons. The van der Waals surface area contributed by atoms with Crippen molar-refractivity contribution in [1.29, 1.82) is 0 Å². The minimum absolute atomic E-state index is 0.178. The Bertz CT molecular complexity index is 1540. The summed E-state index contributed by atoms with van der Waals surface area (Å²) >= 11 is 0. The van der Waals surface area contributed by atoms with Gasteiger partial charge in [-0.05, 0) is 57.9 Å². The highest BCUT2D eigenvalue weighted by molar-refractivity contribution is 6.08. The predicted molar refractivity (Wildman–Crippen MR) is 131 cm³/mol. The lowest BCUT2D eigenvalue weighted by atomic mass is 9.99. The Labute approximate surface area is 199 Å². The number of fused-ring (bicyclic) bond motifs is 3. The van der Waals surface area contributed by atoms with Crippen molar-refractivity contribution in [2.75, 3.05) is 11.9 Å². The van der Waals surface area contributed by atoms with Crippen molar-refractivity contribution in [3.05, 3.63) is 90.6 Å². The lowest BCUT2D eigenvalue weighted by molar-refractivity contribution is -0.141. The number of hydrogen-bond acceptors (Lipinski definition) is 3. The number of nitrogens with one attached hydrogen (secondary N) is 1. The average molecular weight is 474 g/mol. The van der Waals surface area contributed by atoms with E-state index in [1.807, 2.05) is 54.6 Å². The van der Waals surface area contributed by atoms with Gasteiger partial charge in [-0.2, -0.15) is 18.3 Å². The second-order valence-electron chi connectivity index (χ2n) is 8.24. The number of anilines is 1. The lowest BCUT2D eigenvalue weighted by Crippen LogP contribution is -2.15. The van der Waals surface area contributed by atoms with Gasteiger partial charge in [-0.15, -0.1) is 0 Å². The van der Waals surface area contributed by atoms with Crippen LogP contribution >= 0.6 is 0 Å². The first-order valence-electron chi connectivity index (χ1n) is 11.0. The maximum absolute atomic E-state index is 13.6. The SMILES string of the molecule is NC(=O)CCNc1ccc(-n2nc(C(F)(F)F)cc2-c2ccc3c(ccc4ccccc43)c2)cc1. The molecule has 0 saturated carbocycles. The number of carbonyl (C=O) groups excluding carboxylic acids is 1. The Hall–Kier alpha value is -4.33. The van der Waals surface area contributed by atoms with Crippen molar-refractivity contribution >= 4 is 33.1 Å². The third-order valence-electron chi connectivity index (χ3n) is 5.85. The van der Waals surface area contributed by atoms with E-state index < -0.39 is 17.8 Å². The molecule has 3 N–H and O–H groups in total. The Balaban J connectivity index is 1.56. The van der Waals surface area contributed by atoms with Gasteiger partial charge in [0.05, 0.1) is 11.4 Å². The Morgan fingerprint density at radius 2 is 1.60 bits per heavy atom. The topological polar surface area (TPSA) is 72.9 Å². The number of primary amides is 1. The molecule has 4 aromatic carbocycles. The number of hydrogen-bond donors (Lipinski definition) is 2. The van der Waals surface area contributed by atoms with Gasteiger partial charge in [0, 0.05) is 24.2 Å². The fraction of sp³-hybridized carbons (Fsp3) is 0.111. The molecule has 35 heavy (non-hydrogen) atoms. The van der Waals surface area contributed by atoms with Crippen LogP contribution in [0.5, 0.6) is 0 Å². The van der Waals surface area contributed by atoms with E-state index >= 15 is 0 Å². The normalized spacial score (nSPS) is 11.7. The fourth-order valence-electron chi connectivity index (χ4n) is 4.15. The molecule has 0 spiro atoms. The summed E-state index contributed by atoms with van der Waals surface area (Å²) in [5, 5.41) is 11.1. The zero-order valence-corrected chi connectivity index (χ0v) is 18.5. The van der Waals surface area contributed by atoms with E-state index in [1.54, 1.807) is 24.3 Å². The zero-order valence-electron chi connectivity index (χ0n) is 18.5. The summed E-state index contributed by atoms with van der Waals surface area (Å²) in [6.45, 7) is 0.367. The van der Waals surface area contributed by atoms with Gasteiger partial charge in [0.1, 0.15) is 0 Å². The first kappa shape index (κ1) is 22.5. The highest BCUT2D eigenvalue weighted by Gasteiger charge is 2.35. The standard InChI is InChI=1S/C27H21F3N4O/c28-27(29,30)25-16-24(34(33-25)21-10-8-20(9-11-21)32-14-13-26(31)35)19-7-12-23-18(15-19)6-5-17-3-1-2-4-22(17)23/h1-12,15-16,32H,13-14H2,(H2,31,35). The number of amides is 1. The van der Waals surface area contributed by atoms with Crippen molar-refractivity contribution in [2.45, 2.75) is 12.6 Å². The number of aromatic nitrogens is 2. The molecular formula is C27H21F3N4O. The fourth-order valence-corrected chi connectivity index (χ4v) is 4.15. The number of halogens is 3. The molecule has 1 heterocycles. The van der Waals surface area contributed by atoms with E-state index in [1.165, 1.54) is 4.68 Å². The van der Waals surface area contributed by atoms with Crippen LogP contribution in [0.1, 0.15) is 12.1 Å². The molecule has 176 valence electrons. The van der Waals surface area contributed by atoms with Crippen LogP contribution in [0.25, 0.3) is 38.5 Å². The van der Waals surface area contributed by atoms with E-state index in [-0.39, 0.29) is 6.42 Å². The number of alkyl halides is 3. The zero-order chi connectivity index (χ0) is 24.6. The van der Waals surface area contributed by atoms with Crippen LogP contribution in [-0.4, -0.2) is 22.2 Å². The molecule has 5 rings (SSSR count). The number of nitrogens with two attached hydrogens (primary N) is 1. The molecule has 5 nitrogen and oxygen atoms in total. The van der Waals surface area contributed by atoms with Crippen LogP contribution in [0.2, 0.25) is 0 Å². The minimum Gasteiger partial charge on any atom is -0.385 e. The van der Waals surface area contributed by atoms with Crippen molar-refractivity contribution in [1.82, 2.24) is 9.78 Å². The van der Waals surface area contributed by atoms with Gasteiger partial charge < -0.3 is 11.1 Å². The quantitative estimate of drug-likeness (QED) is 0.290. The third-order valence-corrected chi connectivity index (χ3v) is 5.85. The summed E-state index contributed by atoms with van der Waals surface area (Å²) < 4.78 is 42.1. The first-order valence-corrected chi connectivity index (χ1v) is 11.0. The molecule has 8 heteroatoms. The van der Waals surface area contributed by atoms with Crippen molar-refractivity contribution in [3.63, 3.8) is 0 Å². The summed E-state index contributed by atoms with van der Waals surface area (Å²) in [4.78, 5) is 10.9. The molecule has 5 aromatic rings. The van der Waals surface area contributed by atoms with Gasteiger partial charge in [0.2, 0.25) is 5.91 Å². The highest BCUT2D eigenvalue weighted by Crippen LogP contribution is 2.35. The average Bonchev–Trinajstić information content (AvgIpc) is 3.30. The lowest BCUT2D eigenvalue weighted by Gasteiger charge is -2.11. The second-order valence-corrected chi connectivity index (χ2v) is 8.24. The van der Waals surface area contributed by atoms with E-state index in [0.29, 0.717) is 23.5 Å². The molecule has 0 aliphatic carbocycles. The Morgan fingerprint density at radius 1 is 0.886 bits per heavy atom. The van der Waals surface area contributed by atoms with Crippen molar-refractivity contribution in [2.24, 2.45) is 5.73 Å². The van der Waals surface area contributed by atoms with E-state index in [4.69, 9.17) is 5.73 Å². The van der Waals surface area contributed by atoms with Gasteiger partial charge in [-0.25, -0.2) is 4.68 Å². The maximum Gasteiger partial charge on any atom is 0.435 e. The molecule has 0 atom stereocenters. The smallest absolute Gasteiger partial charge is 0.385 e. The molecule has 0 aliphatic rings. The maximum atomic E-state index is 13.6. The van der Waals surface area contributed by atoms with Crippen LogP contribution < -0.4 is 11.1 Å². The number of nitrogens with zero attached hydrogens (tertiary/aromatic N) is 2. The Morgan fingerprint density at radius 3 is 2.34 bits per heavy atom. The van der Waals surface area contributed by atoms with Crippen LogP contribution in [0.3, 0.4) is 0 Å². The highest BCUT2D eigenvalue weighted by atomic mass is 19.4. The summed E-state index contributed by atoms with van der Waals surface area (Å²) in [5.41, 5.74) is 6.34. The second kappa shape index (κ2) is 8.79. The molecular weight excluding hydrogens is 453 g/mol. The van der Waals surface area contributed by atoms with Gasteiger partial charge in [0.15, 0.2) is 5.69 Å². The largest absolute Gasteiger partial charge is 0.435 e. The predicted octanol–water partition coefficient (Wildman–Crippen LogP) is 6.15. The van der Waals surface area contributed by atoms with Crippen LogP contribution in [0, 0.1) is 0 Å². The van der Waals surface area contributed by atoms with Gasteiger partial charge in [-0.3, -0.25) is 4.79 Å². The number of carbonyl (C=O) groups is 1. The van der Waals surface area contributed by atoms with E-state index in [0.717, 1.165) is 33.3 Å². The van der Waals surface area contributed by atoms with Crippen LogP contribution in [-0.2, 0) is 11.0 Å². The van der Waals surface area contributed by atoms with Gasteiger partial charge >= 0.3 is 6.18 Å². The molecule has 0 unspecified atom stereocenters. The first-order chi connectivity index (χ1) is 16.8. The molecule has 0 bridgehead atoms. The molecule has 0 fully saturated rings. The Kier molecular flexibility index (Phi) is 5.64. The summed E-state index contributed by atoms with van der Waals surface area (Å²) in [6, 6.07) is 25.5. The summed E-state index contributed by atoms with van der Waals surface area (Å²) in [6.07, 6.45) is -4.40. The molecule has 1 amide bonds. The minimum atomic E-state index is -4.58. The van der Waals surface area contributed by atoms with Crippen molar-refractivity contribution < 1.29 is 18.0 Å². The third kappa shape index (κ3) is 4.55. The van der Waals surface area contributed by atoms with Crippen molar-refractivity contribution in [3.8, 4) is 16.9 Å². The van der Waals surface area contributed by atoms with Crippen LogP contribution in [0.15, 0.2) is 84.9 Å². The summed E-state index contributed by atoms with van der Waals surface area (Å²) in [5.74, 6) is -0.418. The van der Waals surface area contributed by atoms with E-state index in [2.05, 4.69) is 10.4 Å². The molecule has 0 aliphatic heterocycles. The number of rotatable bonds is 6. The molecule has 0 saturated heterocycles. The van der Waals surface area contributed by atoms with E-state index in [9.17, 15) is 18.0 Å². The molecule has 1 aromatic heterocycles. The summed E-state index contributed by atoms with van der Waals surface area (Å²) in [7, 11) is 0. The monoisotopic (exact) mass is 474 g/mol. The van der Waals surface area contributed by atoms with Gasteiger partial charge in [0.25, 0.3) is 0 Å². The van der Waals surface area contributed by atoms with Crippen LogP contribution in [0.4, 0.5) is 18.9 Å². The van der Waals surface area contributed by atoms with Gasteiger partial charge in [-0.1, -0.05) is 48.5 Å².